The number of likely N-dealkylation sites (tertiary alicyclic amines) is 1. The summed E-state index contributed by atoms with van der Waals surface area (Å²) < 4.78 is 0. The van der Waals surface area contributed by atoms with Crippen LogP contribution in [0, 0.1) is 5.92 Å². The smallest absolute Gasteiger partial charge is 0.228 e. The van der Waals surface area contributed by atoms with Gasteiger partial charge in [-0.1, -0.05) is 30.3 Å². The van der Waals surface area contributed by atoms with E-state index < -0.39 is 0 Å². The molecule has 0 radical (unpaired) electrons. The van der Waals surface area contributed by atoms with Gasteiger partial charge in [0, 0.05) is 39.1 Å². The van der Waals surface area contributed by atoms with Crippen LogP contribution >= 0.6 is 0 Å². The minimum Gasteiger partial charge on any atom is -0.341 e. The number of benzene rings is 1. The molecular formula is C19H30N4O2. The lowest BCUT2D eigenvalue weighted by Crippen LogP contribution is -2.39. The number of hydrogen-bond donors (Lipinski definition) is 1. The van der Waals surface area contributed by atoms with Crippen molar-refractivity contribution < 1.29 is 9.59 Å². The molecule has 1 aromatic rings. The van der Waals surface area contributed by atoms with Crippen molar-refractivity contribution in [3.63, 3.8) is 0 Å². The van der Waals surface area contributed by atoms with Crippen LogP contribution in [-0.2, 0) is 16.1 Å². The van der Waals surface area contributed by atoms with Gasteiger partial charge < -0.3 is 20.4 Å². The third-order valence-electron chi connectivity index (χ3n) is 4.54. The summed E-state index contributed by atoms with van der Waals surface area (Å²) in [5.74, 6) is -0.0900. The fraction of sp³-hybridized carbons (Fsp3) is 0.579. The van der Waals surface area contributed by atoms with Crippen molar-refractivity contribution >= 4 is 11.8 Å². The quantitative estimate of drug-likeness (QED) is 0.717. The Labute approximate surface area is 150 Å². The summed E-state index contributed by atoms with van der Waals surface area (Å²) in [5.41, 5.74) is 6.73. The molecule has 1 atom stereocenters. The molecule has 2 amide bonds. The molecule has 1 heterocycles. The van der Waals surface area contributed by atoms with E-state index in [0.717, 1.165) is 18.5 Å². The highest BCUT2D eigenvalue weighted by Crippen LogP contribution is 2.21. The topological polar surface area (TPSA) is 69.9 Å². The fourth-order valence-corrected chi connectivity index (χ4v) is 3.09. The van der Waals surface area contributed by atoms with E-state index in [0.29, 0.717) is 39.1 Å². The summed E-state index contributed by atoms with van der Waals surface area (Å²) in [7, 11) is 3.97. The van der Waals surface area contributed by atoms with Crippen molar-refractivity contribution in [2.75, 3.05) is 46.8 Å². The SMILES string of the molecule is CN(C)CCN1CC(C(=O)N(CCCN)Cc2ccccc2)CC1=O. The van der Waals surface area contributed by atoms with Crippen LogP contribution in [0.15, 0.2) is 30.3 Å². The second-order valence-electron chi connectivity index (χ2n) is 6.93. The van der Waals surface area contributed by atoms with Crippen LogP contribution in [0.3, 0.4) is 0 Å². The third-order valence-corrected chi connectivity index (χ3v) is 4.54. The Kier molecular flexibility index (Phi) is 7.40. The van der Waals surface area contributed by atoms with E-state index in [1.54, 1.807) is 0 Å². The Hall–Kier alpha value is -1.92. The van der Waals surface area contributed by atoms with Crippen LogP contribution in [0.4, 0.5) is 0 Å². The molecule has 0 bridgehead atoms. The van der Waals surface area contributed by atoms with Crippen molar-refractivity contribution in [2.24, 2.45) is 11.7 Å². The van der Waals surface area contributed by atoms with Gasteiger partial charge in [-0.2, -0.15) is 0 Å². The third kappa shape index (κ3) is 5.83. The van der Waals surface area contributed by atoms with Gasteiger partial charge in [-0.3, -0.25) is 9.59 Å². The Bertz CT molecular complexity index is 562. The highest BCUT2D eigenvalue weighted by molar-refractivity contribution is 5.89. The van der Waals surface area contributed by atoms with Gasteiger partial charge in [0.05, 0.1) is 5.92 Å². The van der Waals surface area contributed by atoms with Gasteiger partial charge in [0.15, 0.2) is 0 Å². The van der Waals surface area contributed by atoms with Gasteiger partial charge >= 0.3 is 0 Å². The number of hydrogen-bond acceptors (Lipinski definition) is 4. The zero-order valence-electron chi connectivity index (χ0n) is 15.4. The maximum Gasteiger partial charge on any atom is 0.228 e. The molecule has 0 spiro atoms. The summed E-state index contributed by atoms with van der Waals surface area (Å²) in [6.07, 6.45) is 1.09. The Morgan fingerprint density at radius 3 is 2.60 bits per heavy atom. The lowest BCUT2D eigenvalue weighted by atomic mass is 10.1. The number of rotatable bonds is 9. The van der Waals surface area contributed by atoms with Crippen LogP contribution in [0.5, 0.6) is 0 Å². The van der Waals surface area contributed by atoms with Gasteiger partial charge in [-0.25, -0.2) is 0 Å². The molecule has 25 heavy (non-hydrogen) atoms. The predicted molar refractivity (Wildman–Crippen MR) is 98.8 cm³/mol. The molecule has 2 N–H and O–H groups in total. The standard InChI is InChI=1S/C19H30N4O2/c1-21(2)11-12-22-15-17(13-18(22)24)19(25)23(10-6-9-20)14-16-7-4-3-5-8-16/h3-5,7-8,17H,6,9-15,20H2,1-2H3. The molecule has 1 fully saturated rings. The maximum atomic E-state index is 13.0. The lowest BCUT2D eigenvalue weighted by molar-refractivity contribution is -0.136. The van der Waals surface area contributed by atoms with Crippen molar-refractivity contribution in [1.29, 1.82) is 0 Å². The van der Waals surface area contributed by atoms with E-state index in [1.807, 2.05) is 59.1 Å². The van der Waals surface area contributed by atoms with Gasteiger partial charge in [-0.05, 0) is 32.6 Å². The minimum absolute atomic E-state index is 0.0676. The van der Waals surface area contributed by atoms with E-state index in [1.165, 1.54) is 0 Å². The van der Waals surface area contributed by atoms with Crippen LogP contribution in [-0.4, -0.2) is 73.3 Å². The van der Waals surface area contributed by atoms with E-state index in [4.69, 9.17) is 5.73 Å². The highest BCUT2D eigenvalue weighted by atomic mass is 16.2. The molecule has 1 aromatic carbocycles. The minimum atomic E-state index is -0.240. The second-order valence-corrected chi connectivity index (χ2v) is 6.93. The summed E-state index contributed by atoms with van der Waals surface area (Å²) >= 11 is 0. The number of nitrogens with two attached hydrogens (primary N) is 1. The second kappa shape index (κ2) is 9.53. The molecule has 2 rings (SSSR count). The first kappa shape index (κ1) is 19.4. The van der Waals surface area contributed by atoms with E-state index in [2.05, 4.69) is 0 Å². The Morgan fingerprint density at radius 2 is 1.96 bits per heavy atom. The molecule has 1 unspecified atom stereocenters. The first-order chi connectivity index (χ1) is 12.0. The molecule has 138 valence electrons. The number of carbonyl (C=O) groups excluding carboxylic acids is 2. The van der Waals surface area contributed by atoms with E-state index in [-0.39, 0.29) is 17.7 Å². The van der Waals surface area contributed by atoms with Crippen molar-refractivity contribution in [2.45, 2.75) is 19.4 Å². The number of nitrogens with zero attached hydrogens (tertiary/aromatic N) is 3. The van der Waals surface area contributed by atoms with Crippen LogP contribution in [0.2, 0.25) is 0 Å². The zero-order chi connectivity index (χ0) is 18.2. The van der Waals surface area contributed by atoms with Crippen molar-refractivity contribution in [3.05, 3.63) is 35.9 Å². The Balaban J connectivity index is 1.99. The molecule has 0 saturated carbocycles. The van der Waals surface area contributed by atoms with Gasteiger partial charge in [0.1, 0.15) is 0 Å². The Morgan fingerprint density at radius 1 is 1.24 bits per heavy atom. The largest absolute Gasteiger partial charge is 0.341 e. The molecule has 1 aliphatic rings. The first-order valence-corrected chi connectivity index (χ1v) is 8.96. The molecular weight excluding hydrogens is 316 g/mol. The van der Waals surface area contributed by atoms with Gasteiger partial charge in [0.25, 0.3) is 0 Å². The van der Waals surface area contributed by atoms with E-state index in [9.17, 15) is 9.59 Å². The molecule has 0 aliphatic carbocycles. The van der Waals surface area contributed by atoms with Crippen LogP contribution < -0.4 is 5.73 Å². The van der Waals surface area contributed by atoms with Gasteiger partial charge in [-0.15, -0.1) is 0 Å². The number of amides is 2. The summed E-state index contributed by atoms with van der Waals surface area (Å²) in [5, 5.41) is 0. The predicted octanol–water partition coefficient (Wildman–Crippen LogP) is 0.774. The fourth-order valence-electron chi connectivity index (χ4n) is 3.09. The zero-order valence-corrected chi connectivity index (χ0v) is 15.4. The van der Waals surface area contributed by atoms with Crippen molar-refractivity contribution in [1.82, 2.24) is 14.7 Å². The number of carbonyl (C=O) groups is 2. The lowest BCUT2D eigenvalue weighted by Gasteiger charge is -2.26. The molecule has 0 aromatic heterocycles. The van der Waals surface area contributed by atoms with E-state index >= 15 is 0 Å². The normalized spacial score (nSPS) is 17.4. The number of likely N-dealkylation sites (N-methyl/N-ethyl adjacent to an activating group) is 1. The maximum absolute atomic E-state index is 13.0. The highest BCUT2D eigenvalue weighted by Gasteiger charge is 2.36. The average molecular weight is 346 g/mol. The molecule has 6 nitrogen and oxygen atoms in total. The summed E-state index contributed by atoms with van der Waals surface area (Å²) in [6, 6.07) is 9.96. The van der Waals surface area contributed by atoms with Crippen LogP contribution in [0.1, 0.15) is 18.4 Å². The molecule has 6 heteroatoms. The summed E-state index contributed by atoms with van der Waals surface area (Å²) in [4.78, 5) is 30.9. The average Bonchev–Trinajstić information content (AvgIpc) is 2.98. The van der Waals surface area contributed by atoms with Crippen molar-refractivity contribution in [3.8, 4) is 0 Å². The first-order valence-electron chi connectivity index (χ1n) is 8.96. The molecule has 1 aliphatic heterocycles. The summed E-state index contributed by atoms with van der Waals surface area (Å²) in [6.45, 7) is 3.77. The molecule has 1 saturated heterocycles. The van der Waals surface area contributed by atoms with Gasteiger partial charge in [0.2, 0.25) is 11.8 Å². The monoisotopic (exact) mass is 346 g/mol. The van der Waals surface area contributed by atoms with Crippen LogP contribution in [0.25, 0.3) is 0 Å².